The normalized spacial score (nSPS) is 22.4. The Morgan fingerprint density at radius 3 is 2.65 bits per heavy atom. The summed E-state index contributed by atoms with van der Waals surface area (Å²) in [6.45, 7) is 6.27. The van der Waals surface area contributed by atoms with E-state index < -0.39 is 17.2 Å². The maximum Gasteiger partial charge on any atom is 0.411 e. The van der Waals surface area contributed by atoms with Crippen molar-refractivity contribution in [3.63, 3.8) is 0 Å². The van der Waals surface area contributed by atoms with Crippen molar-refractivity contribution in [3.8, 4) is 0 Å². The lowest BCUT2D eigenvalue weighted by Gasteiger charge is -2.52. The molecular formula is C15H21FN2O2. The third kappa shape index (κ3) is 2.63. The molecule has 20 heavy (non-hydrogen) atoms. The van der Waals surface area contributed by atoms with E-state index >= 15 is 0 Å². The fourth-order valence-electron chi connectivity index (χ4n) is 2.48. The van der Waals surface area contributed by atoms with E-state index in [1.54, 1.807) is 17.0 Å². The van der Waals surface area contributed by atoms with Gasteiger partial charge in [0.2, 0.25) is 0 Å². The molecule has 0 aromatic heterocycles. The summed E-state index contributed by atoms with van der Waals surface area (Å²) in [5.41, 5.74) is 5.38. The van der Waals surface area contributed by atoms with Crippen LogP contribution in [0.25, 0.3) is 0 Å². The lowest BCUT2D eigenvalue weighted by molar-refractivity contribution is -0.0441. The molecule has 0 radical (unpaired) electrons. The molecule has 2 N–H and O–H groups in total. The zero-order valence-corrected chi connectivity index (χ0v) is 12.1. The molecule has 1 aromatic rings. The summed E-state index contributed by atoms with van der Waals surface area (Å²) in [7, 11) is 0. The second-order valence-electron chi connectivity index (χ2n) is 6.13. The number of ether oxygens (including phenoxy) is 1. The molecule has 110 valence electrons. The van der Waals surface area contributed by atoms with Crippen LogP contribution in [0.3, 0.4) is 0 Å². The highest BCUT2D eigenvalue weighted by Gasteiger charge is 2.49. The minimum atomic E-state index is -0.648. The van der Waals surface area contributed by atoms with Crippen LogP contribution < -0.4 is 5.73 Å². The van der Waals surface area contributed by atoms with E-state index in [1.165, 1.54) is 12.1 Å². The van der Waals surface area contributed by atoms with Crippen LogP contribution in [0.2, 0.25) is 0 Å². The van der Waals surface area contributed by atoms with Gasteiger partial charge in [0.05, 0.1) is 5.54 Å². The average molecular weight is 280 g/mol. The summed E-state index contributed by atoms with van der Waals surface area (Å²) < 4.78 is 18.8. The number of hydrogen-bond acceptors (Lipinski definition) is 3. The van der Waals surface area contributed by atoms with Crippen molar-refractivity contribution in [3.05, 3.63) is 35.6 Å². The van der Waals surface area contributed by atoms with Crippen LogP contribution >= 0.6 is 0 Å². The maximum atomic E-state index is 13.4. The molecule has 0 bridgehead atoms. The van der Waals surface area contributed by atoms with E-state index in [0.717, 1.165) is 5.56 Å². The molecule has 0 saturated carbocycles. The molecule has 1 aliphatic heterocycles. The molecule has 4 nitrogen and oxygen atoms in total. The van der Waals surface area contributed by atoms with Gasteiger partial charge >= 0.3 is 6.09 Å². The number of halogens is 1. The number of likely N-dealkylation sites (tertiary alicyclic amines) is 1. The van der Waals surface area contributed by atoms with Crippen molar-refractivity contribution in [2.45, 2.75) is 38.3 Å². The number of benzene rings is 1. The number of rotatable bonds is 2. The van der Waals surface area contributed by atoms with Crippen LogP contribution in [0.4, 0.5) is 9.18 Å². The van der Waals surface area contributed by atoms with E-state index in [2.05, 4.69) is 0 Å². The predicted molar refractivity (Wildman–Crippen MR) is 74.7 cm³/mol. The number of hydrogen-bond donors (Lipinski definition) is 1. The number of nitrogens with two attached hydrogens (primary N) is 1. The van der Waals surface area contributed by atoms with Crippen LogP contribution in [0.1, 0.15) is 32.8 Å². The monoisotopic (exact) mass is 280 g/mol. The van der Waals surface area contributed by atoms with E-state index in [9.17, 15) is 9.18 Å². The van der Waals surface area contributed by atoms with Gasteiger partial charge in [0, 0.05) is 13.1 Å². The highest BCUT2D eigenvalue weighted by Crippen LogP contribution is 2.40. The van der Waals surface area contributed by atoms with Crippen molar-refractivity contribution in [2.75, 3.05) is 13.1 Å². The Balaban J connectivity index is 2.26. The van der Waals surface area contributed by atoms with Crippen LogP contribution in [0, 0.1) is 5.82 Å². The molecule has 1 fully saturated rings. The van der Waals surface area contributed by atoms with Gasteiger partial charge in [0.1, 0.15) is 11.4 Å². The Labute approximate surface area is 118 Å². The summed E-state index contributed by atoms with van der Waals surface area (Å²) in [6, 6.07) is 6.24. The van der Waals surface area contributed by atoms with Crippen LogP contribution in [-0.4, -0.2) is 29.7 Å². The first-order valence-electron chi connectivity index (χ1n) is 6.75. The van der Waals surface area contributed by atoms with Crippen LogP contribution in [0.15, 0.2) is 24.3 Å². The molecule has 1 aromatic carbocycles. The third-order valence-corrected chi connectivity index (χ3v) is 3.58. The smallest absolute Gasteiger partial charge is 0.411 e. The third-order valence-electron chi connectivity index (χ3n) is 3.58. The summed E-state index contributed by atoms with van der Waals surface area (Å²) >= 11 is 0. The zero-order valence-electron chi connectivity index (χ0n) is 12.1. The molecule has 1 amide bonds. The minimum absolute atomic E-state index is 0.246. The number of carbonyl (C=O) groups is 1. The fourth-order valence-corrected chi connectivity index (χ4v) is 2.48. The number of nitrogens with zero attached hydrogens (tertiary/aromatic N) is 1. The first kappa shape index (κ1) is 14.8. The van der Waals surface area contributed by atoms with Gasteiger partial charge in [0.15, 0.2) is 0 Å². The van der Waals surface area contributed by atoms with Gasteiger partial charge in [-0.3, -0.25) is 4.90 Å². The topological polar surface area (TPSA) is 55.6 Å². The van der Waals surface area contributed by atoms with Crippen molar-refractivity contribution >= 4 is 6.09 Å². The van der Waals surface area contributed by atoms with E-state index in [4.69, 9.17) is 10.5 Å². The van der Waals surface area contributed by atoms with Gasteiger partial charge < -0.3 is 10.5 Å². The zero-order chi connectivity index (χ0) is 15.0. The Kier molecular flexibility index (Phi) is 3.73. The van der Waals surface area contributed by atoms with Crippen LogP contribution in [0.5, 0.6) is 0 Å². The Bertz CT molecular complexity index is 509. The molecule has 1 aliphatic rings. The molecule has 1 saturated heterocycles. The van der Waals surface area contributed by atoms with Crippen LogP contribution in [-0.2, 0) is 10.3 Å². The van der Waals surface area contributed by atoms with Gasteiger partial charge in [0.25, 0.3) is 0 Å². The second kappa shape index (κ2) is 5.05. The van der Waals surface area contributed by atoms with Gasteiger partial charge in [-0.1, -0.05) is 12.1 Å². The molecule has 2 rings (SSSR count). The van der Waals surface area contributed by atoms with Crippen molar-refractivity contribution in [2.24, 2.45) is 5.73 Å². The molecular weight excluding hydrogens is 259 g/mol. The molecule has 1 atom stereocenters. The SMILES string of the molecule is CC(C)(C)OC(=O)N1CCC1(CN)c1cccc(F)c1. The summed E-state index contributed by atoms with van der Waals surface area (Å²) in [5, 5.41) is 0. The lowest BCUT2D eigenvalue weighted by Crippen LogP contribution is -2.64. The van der Waals surface area contributed by atoms with Crippen molar-refractivity contribution in [1.82, 2.24) is 4.90 Å². The molecule has 1 heterocycles. The van der Waals surface area contributed by atoms with E-state index in [1.807, 2.05) is 20.8 Å². The highest BCUT2D eigenvalue weighted by molar-refractivity contribution is 5.71. The number of carbonyl (C=O) groups excluding carboxylic acids is 1. The first-order valence-corrected chi connectivity index (χ1v) is 6.75. The quantitative estimate of drug-likeness (QED) is 0.906. The molecule has 0 aliphatic carbocycles. The molecule has 1 unspecified atom stereocenters. The van der Waals surface area contributed by atoms with Crippen molar-refractivity contribution < 1.29 is 13.9 Å². The van der Waals surface area contributed by atoms with E-state index in [-0.39, 0.29) is 12.4 Å². The maximum absolute atomic E-state index is 13.4. The summed E-state index contributed by atoms with van der Waals surface area (Å²) in [6.07, 6.45) is 0.310. The van der Waals surface area contributed by atoms with Gasteiger partial charge in [-0.15, -0.1) is 0 Å². The Hall–Kier alpha value is -1.62. The Morgan fingerprint density at radius 1 is 1.50 bits per heavy atom. The fraction of sp³-hybridized carbons (Fsp3) is 0.533. The largest absolute Gasteiger partial charge is 0.444 e. The van der Waals surface area contributed by atoms with E-state index in [0.29, 0.717) is 13.0 Å². The van der Waals surface area contributed by atoms with Gasteiger partial charge in [-0.2, -0.15) is 0 Å². The summed E-state index contributed by atoms with van der Waals surface area (Å²) in [5.74, 6) is -0.327. The first-order chi connectivity index (χ1) is 9.28. The Morgan fingerprint density at radius 2 is 2.20 bits per heavy atom. The summed E-state index contributed by atoms with van der Waals surface area (Å²) in [4.78, 5) is 13.8. The molecule has 0 spiro atoms. The predicted octanol–water partition coefficient (Wildman–Crippen LogP) is 2.62. The minimum Gasteiger partial charge on any atom is -0.444 e. The number of amides is 1. The average Bonchev–Trinajstić information content (AvgIpc) is 2.26. The van der Waals surface area contributed by atoms with Crippen molar-refractivity contribution in [1.29, 1.82) is 0 Å². The van der Waals surface area contributed by atoms with Gasteiger partial charge in [-0.25, -0.2) is 9.18 Å². The molecule has 5 heteroatoms. The van der Waals surface area contributed by atoms with Gasteiger partial charge in [-0.05, 0) is 44.9 Å². The highest BCUT2D eigenvalue weighted by atomic mass is 19.1. The second-order valence-corrected chi connectivity index (χ2v) is 6.13. The standard InChI is InChI=1S/C15H21FN2O2/c1-14(2,3)20-13(19)18-8-7-15(18,10-17)11-5-4-6-12(16)9-11/h4-6,9H,7-8,10,17H2,1-3H3. The lowest BCUT2D eigenvalue weighted by atomic mass is 9.78.